The second-order valence-electron chi connectivity index (χ2n) is 5.17. The standard InChI is InChI=1S/C13H18N2O3/c16-13(17)12-9(4-6-18-12)7-14-10-3-5-15(8-10)11-1-2-11/h4,6,10-11,14H,1-3,5,7-8H2,(H,16,17). The van der Waals surface area contributed by atoms with Crippen molar-refractivity contribution in [3.8, 4) is 0 Å². The number of carboxylic acids is 1. The van der Waals surface area contributed by atoms with Crippen molar-refractivity contribution in [2.75, 3.05) is 13.1 Å². The molecule has 1 aliphatic carbocycles. The molecule has 5 heteroatoms. The van der Waals surface area contributed by atoms with Crippen LogP contribution in [0.3, 0.4) is 0 Å². The number of furan rings is 1. The molecule has 2 fully saturated rings. The molecule has 2 heterocycles. The minimum Gasteiger partial charge on any atom is -0.475 e. The highest BCUT2D eigenvalue weighted by Crippen LogP contribution is 2.29. The number of aromatic carboxylic acids is 1. The van der Waals surface area contributed by atoms with Gasteiger partial charge in [0, 0.05) is 37.3 Å². The Morgan fingerprint density at radius 3 is 3.06 bits per heavy atom. The molecule has 1 saturated carbocycles. The van der Waals surface area contributed by atoms with Crippen LogP contribution in [0.4, 0.5) is 0 Å². The van der Waals surface area contributed by atoms with E-state index in [-0.39, 0.29) is 5.76 Å². The molecule has 0 amide bonds. The van der Waals surface area contributed by atoms with Crippen LogP contribution in [-0.4, -0.2) is 41.1 Å². The van der Waals surface area contributed by atoms with Crippen molar-refractivity contribution < 1.29 is 14.3 Å². The summed E-state index contributed by atoms with van der Waals surface area (Å²) in [4.78, 5) is 13.4. The van der Waals surface area contributed by atoms with Gasteiger partial charge in [-0.3, -0.25) is 4.90 Å². The van der Waals surface area contributed by atoms with Crippen molar-refractivity contribution in [1.82, 2.24) is 10.2 Å². The summed E-state index contributed by atoms with van der Waals surface area (Å²) in [6.07, 6.45) is 5.28. The highest BCUT2D eigenvalue weighted by molar-refractivity contribution is 5.86. The second-order valence-corrected chi connectivity index (χ2v) is 5.17. The van der Waals surface area contributed by atoms with Gasteiger partial charge in [-0.2, -0.15) is 0 Å². The summed E-state index contributed by atoms with van der Waals surface area (Å²) >= 11 is 0. The van der Waals surface area contributed by atoms with Crippen LogP contribution in [0.1, 0.15) is 35.4 Å². The molecule has 1 saturated heterocycles. The van der Waals surface area contributed by atoms with Gasteiger partial charge in [0.05, 0.1) is 6.26 Å². The van der Waals surface area contributed by atoms with Crippen molar-refractivity contribution in [1.29, 1.82) is 0 Å². The molecular weight excluding hydrogens is 232 g/mol. The van der Waals surface area contributed by atoms with E-state index in [4.69, 9.17) is 9.52 Å². The van der Waals surface area contributed by atoms with Crippen LogP contribution in [0.15, 0.2) is 16.7 Å². The maximum atomic E-state index is 10.9. The SMILES string of the molecule is O=C(O)c1occc1CNC1CCN(C2CC2)C1. The fourth-order valence-corrected chi connectivity index (χ4v) is 2.64. The number of carboxylic acid groups (broad SMARTS) is 1. The predicted molar refractivity (Wildman–Crippen MR) is 65.5 cm³/mol. The molecule has 3 rings (SSSR count). The van der Waals surface area contributed by atoms with E-state index in [0.29, 0.717) is 12.6 Å². The maximum absolute atomic E-state index is 10.9. The van der Waals surface area contributed by atoms with Gasteiger partial charge in [0.15, 0.2) is 0 Å². The van der Waals surface area contributed by atoms with Gasteiger partial charge in [-0.15, -0.1) is 0 Å². The minimum absolute atomic E-state index is 0.0551. The number of likely N-dealkylation sites (tertiary alicyclic amines) is 1. The molecule has 2 N–H and O–H groups in total. The third-order valence-corrected chi connectivity index (χ3v) is 3.81. The van der Waals surface area contributed by atoms with Gasteiger partial charge in [-0.25, -0.2) is 4.79 Å². The Morgan fingerprint density at radius 1 is 1.50 bits per heavy atom. The zero-order chi connectivity index (χ0) is 12.5. The molecule has 1 atom stereocenters. The van der Waals surface area contributed by atoms with Gasteiger partial charge < -0.3 is 14.8 Å². The van der Waals surface area contributed by atoms with Crippen LogP contribution in [0.25, 0.3) is 0 Å². The van der Waals surface area contributed by atoms with Gasteiger partial charge in [0.2, 0.25) is 5.76 Å². The zero-order valence-electron chi connectivity index (χ0n) is 10.3. The van der Waals surface area contributed by atoms with Crippen molar-refractivity contribution in [3.63, 3.8) is 0 Å². The van der Waals surface area contributed by atoms with Gasteiger partial charge in [0.25, 0.3) is 0 Å². The normalized spacial score (nSPS) is 24.6. The summed E-state index contributed by atoms with van der Waals surface area (Å²) < 4.78 is 4.96. The fourth-order valence-electron chi connectivity index (χ4n) is 2.64. The summed E-state index contributed by atoms with van der Waals surface area (Å²) in [6, 6.07) is 3.02. The highest BCUT2D eigenvalue weighted by atomic mass is 16.4. The molecule has 0 aromatic carbocycles. The molecule has 5 nitrogen and oxygen atoms in total. The van der Waals surface area contributed by atoms with Crippen LogP contribution >= 0.6 is 0 Å². The van der Waals surface area contributed by atoms with E-state index in [0.717, 1.165) is 24.6 Å². The van der Waals surface area contributed by atoms with E-state index in [1.165, 1.54) is 25.6 Å². The maximum Gasteiger partial charge on any atom is 0.372 e. The molecule has 98 valence electrons. The number of rotatable bonds is 5. The van der Waals surface area contributed by atoms with Crippen molar-refractivity contribution in [3.05, 3.63) is 23.7 Å². The number of hydrogen-bond donors (Lipinski definition) is 2. The van der Waals surface area contributed by atoms with Crippen LogP contribution < -0.4 is 5.32 Å². The molecule has 0 radical (unpaired) electrons. The molecule has 0 spiro atoms. The molecule has 1 unspecified atom stereocenters. The molecule has 0 bridgehead atoms. The minimum atomic E-state index is -0.997. The highest BCUT2D eigenvalue weighted by Gasteiger charge is 2.34. The quantitative estimate of drug-likeness (QED) is 0.824. The monoisotopic (exact) mass is 250 g/mol. The van der Waals surface area contributed by atoms with E-state index < -0.39 is 5.97 Å². The van der Waals surface area contributed by atoms with Crippen LogP contribution in [0.2, 0.25) is 0 Å². The Labute approximate surface area is 106 Å². The first-order chi connectivity index (χ1) is 8.74. The Kier molecular flexibility index (Phi) is 3.09. The van der Waals surface area contributed by atoms with Crippen LogP contribution in [0, 0.1) is 0 Å². The third kappa shape index (κ3) is 2.42. The summed E-state index contributed by atoms with van der Waals surface area (Å²) in [5.74, 6) is -0.942. The molecule has 1 aliphatic heterocycles. The lowest BCUT2D eigenvalue weighted by atomic mass is 10.2. The molecular formula is C13H18N2O3. The lowest BCUT2D eigenvalue weighted by molar-refractivity contribution is 0.0660. The van der Waals surface area contributed by atoms with Gasteiger partial charge in [-0.05, 0) is 25.3 Å². The first-order valence-corrected chi connectivity index (χ1v) is 6.51. The van der Waals surface area contributed by atoms with Crippen molar-refractivity contribution in [2.24, 2.45) is 0 Å². The lowest BCUT2D eigenvalue weighted by Gasteiger charge is -2.15. The van der Waals surface area contributed by atoms with E-state index in [1.807, 2.05) is 0 Å². The zero-order valence-corrected chi connectivity index (χ0v) is 10.3. The molecule has 1 aromatic rings. The fraction of sp³-hybridized carbons (Fsp3) is 0.615. The molecule has 2 aliphatic rings. The Hall–Kier alpha value is -1.33. The smallest absolute Gasteiger partial charge is 0.372 e. The van der Waals surface area contributed by atoms with E-state index in [9.17, 15) is 4.79 Å². The molecule has 18 heavy (non-hydrogen) atoms. The van der Waals surface area contributed by atoms with Gasteiger partial charge in [-0.1, -0.05) is 0 Å². The Balaban J connectivity index is 1.52. The number of nitrogens with one attached hydrogen (secondary N) is 1. The summed E-state index contributed by atoms with van der Waals surface area (Å²) in [7, 11) is 0. The Bertz CT molecular complexity index is 439. The van der Waals surface area contributed by atoms with Gasteiger partial charge in [0.1, 0.15) is 0 Å². The van der Waals surface area contributed by atoms with Crippen LogP contribution in [-0.2, 0) is 6.54 Å². The van der Waals surface area contributed by atoms with E-state index >= 15 is 0 Å². The van der Waals surface area contributed by atoms with E-state index in [2.05, 4.69) is 10.2 Å². The second kappa shape index (κ2) is 4.74. The van der Waals surface area contributed by atoms with E-state index in [1.54, 1.807) is 6.07 Å². The summed E-state index contributed by atoms with van der Waals surface area (Å²) in [6.45, 7) is 2.83. The average molecular weight is 250 g/mol. The number of nitrogens with zero attached hydrogens (tertiary/aromatic N) is 1. The van der Waals surface area contributed by atoms with Gasteiger partial charge >= 0.3 is 5.97 Å². The molecule has 1 aromatic heterocycles. The largest absolute Gasteiger partial charge is 0.475 e. The lowest BCUT2D eigenvalue weighted by Crippen LogP contribution is -2.33. The predicted octanol–water partition coefficient (Wildman–Crippen LogP) is 1.30. The summed E-state index contributed by atoms with van der Waals surface area (Å²) in [5, 5.41) is 12.4. The topological polar surface area (TPSA) is 65.7 Å². The first-order valence-electron chi connectivity index (χ1n) is 6.51. The van der Waals surface area contributed by atoms with Crippen molar-refractivity contribution in [2.45, 2.75) is 37.9 Å². The third-order valence-electron chi connectivity index (χ3n) is 3.81. The average Bonchev–Trinajstić information content (AvgIpc) is 2.92. The van der Waals surface area contributed by atoms with Crippen LogP contribution in [0.5, 0.6) is 0 Å². The first kappa shape index (κ1) is 11.7. The van der Waals surface area contributed by atoms with Crippen molar-refractivity contribution >= 4 is 5.97 Å². The Morgan fingerprint density at radius 2 is 2.33 bits per heavy atom. The summed E-state index contributed by atoms with van der Waals surface area (Å²) in [5.41, 5.74) is 0.729. The number of hydrogen-bond acceptors (Lipinski definition) is 4. The number of carbonyl (C=O) groups is 1.